The maximum atomic E-state index is 5.62. The summed E-state index contributed by atoms with van der Waals surface area (Å²) in [6.07, 6.45) is 7.71. The Balaban J connectivity index is 1.39. The summed E-state index contributed by atoms with van der Waals surface area (Å²) in [5, 5.41) is 6.73. The van der Waals surface area contributed by atoms with Crippen LogP contribution in [0.2, 0.25) is 0 Å². The van der Waals surface area contributed by atoms with Gasteiger partial charge in [0.15, 0.2) is 5.96 Å². The summed E-state index contributed by atoms with van der Waals surface area (Å²) < 4.78 is 5.62. The van der Waals surface area contributed by atoms with Crippen LogP contribution in [0, 0.1) is 5.92 Å². The molecule has 1 heterocycles. The molecule has 0 atom stereocenters. The molecule has 0 unspecified atom stereocenters. The van der Waals surface area contributed by atoms with E-state index in [-0.39, 0.29) is 0 Å². The van der Waals surface area contributed by atoms with Crippen molar-refractivity contribution in [1.82, 2.24) is 15.5 Å². The molecule has 122 valence electrons. The maximum Gasteiger partial charge on any atom is 0.190 e. The van der Waals surface area contributed by atoms with Crippen LogP contribution in [0.1, 0.15) is 38.5 Å². The van der Waals surface area contributed by atoms with E-state index in [0.29, 0.717) is 0 Å². The largest absolute Gasteiger partial charge is 0.381 e. The molecule has 2 aliphatic rings. The molecule has 0 aromatic carbocycles. The monoisotopic (exact) mass is 296 g/mol. The average Bonchev–Trinajstić information content (AvgIpc) is 3.18. The first-order chi connectivity index (χ1) is 10.4. The minimum absolute atomic E-state index is 0.857. The van der Waals surface area contributed by atoms with Gasteiger partial charge < -0.3 is 20.3 Å². The van der Waals surface area contributed by atoms with Crippen LogP contribution in [0.5, 0.6) is 0 Å². The van der Waals surface area contributed by atoms with E-state index in [2.05, 4.69) is 20.5 Å². The van der Waals surface area contributed by atoms with Crippen LogP contribution in [0.15, 0.2) is 4.99 Å². The van der Waals surface area contributed by atoms with Gasteiger partial charge in [-0.25, -0.2) is 0 Å². The molecule has 0 aromatic rings. The number of hydrogen-bond acceptors (Lipinski definition) is 3. The van der Waals surface area contributed by atoms with Crippen LogP contribution in [0.4, 0.5) is 0 Å². The molecule has 5 nitrogen and oxygen atoms in total. The van der Waals surface area contributed by atoms with Crippen molar-refractivity contribution < 1.29 is 4.74 Å². The van der Waals surface area contributed by atoms with E-state index in [0.717, 1.165) is 44.6 Å². The van der Waals surface area contributed by atoms with Gasteiger partial charge in [-0.15, -0.1) is 0 Å². The Labute approximate surface area is 129 Å². The molecule has 0 amide bonds. The smallest absolute Gasteiger partial charge is 0.190 e. The topological polar surface area (TPSA) is 48.9 Å². The molecular formula is C16H32N4O. The van der Waals surface area contributed by atoms with Gasteiger partial charge in [-0.1, -0.05) is 0 Å². The van der Waals surface area contributed by atoms with Gasteiger partial charge in [0.25, 0.3) is 0 Å². The minimum atomic E-state index is 0.857. The quantitative estimate of drug-likeness (QED) is 0.364. The number of hydrogen-bond donors (Lipinski definition) is 2. The molecular weight excluding hydrogens is 264 g/mol. The third kappa shape index (κ3) is 7.67. The summed E-state index contributed by atoms with van der Waals surface area (Å²) in [6.45, 7) is 7.52. The van der Waals surface area contributed by atoms with Crippen molar-refractivity contribution in [2.24, 2.45) is 10.9 Å². The molecule has 2 fully saturated rings. The molecule has 0 radical (unpaired) electrons. The SMILES string of the molecule is CN=C(NCCCOCC1CC1)NCCCN1CCCC1. The first-order valence-corrected chi connectivity index (χ1v) is 8.63. The van der Waals surface area contributed by atoms with Gasteiger partial charge in [-0.3, -0.25) is 4.99 Å². The Bertz CT molecular complexity index is 299. The van der Waals surface area contributed by atoms with Crippen molar-refractivity contribution in [3.63, 3.8) is 0 Å². The summed E-state index contributed by atoms with van der Waals surface area (Å²) in [7, 11) is 1.83. The second kappa shape index (κ2) is 10.0. The van der Waals surface area contributed by atoms with Crippen LogP contribution in [-0.4, -0.2) is 63.8 Å². The highest BCUT2D eigenvalue weighted by atomic mass is 16.5. The Morgan fingerprint density at radius 3 is 2.52 bits per heavy atom. The van der Waals surface area contributed by atoms with Gasteiger partial charge in [-0.05, 0) is 64.1 Å². The van der Waals surface area contributed by atoms with Crippen molar-refractivity contribution in [3.05, 3.63) is 0 Å². The van der Waals surface area contributed by atoms with E-state index >= 15 is 0 Å². The molecule has 0 aromatic heterocycles. The lowest BCUT2D eigenvalue weighted by molar-refractivity contribution is 0.123. The van der Waals surface area contributed by atoms with Gasteiger partial charge in [0, 0.05) is 33.4 Å². The van der Waals surface area contributed by atoms with E-state index in [1.807, 2.05) is 7.05 Å². The lowest BCUT2D eigenvalue weighted by Gasteiger charge is -2.16. The van der Waals surface area contributed by atoms with E-state index < -0.39 is 0 Å². The molecule has 1 saturated carbocycles. The van der Waals surface area contributed by atoms with Crippen molar-refractivity contribution >= 4 is 5.96 Å². The van der Waals surface area contributed by atoms with Gasteiger partial charge in [-0.2, -0.15) is 0 Å². The van der Waals surface area contributed by atoms with Crippen LogP contribution in [0.3, 0.4) is 0 Å². The minimum Gasteiger partial charge on any atom is -0.381 e. The zero-order valence-corrected chi connectivity index (χ0v) is 13.6. The fourth-order valence-corrected chi connectivity index (χ4v) is 2.65. The first-order valence-electron chi connectivity index (χ1n) is 8.63. The number of aliphatic imine (C=N–C) groups is 1. The third-order valence-corrected chi connectivity index (χ3v) is 4.17. The Morgan fingerprint density at radius 1 is 1.14 bits per heavy atom. The fourth-order valence-electron chi connectivity index (χ4n) is 2.65. The molecule has 0 bridgehead atoms. The van der Waals surface area contributed by atoms with Crippen molar-refractivity contribution in [2.45, 2.75) is 38.5 Å². The Hall–Kier alpha value is -0.810. The molecule has 2 N–H and O–H groups in total. The van der Waals surface area contributed by atoms with Gasteiger partial charge in [0.2, 0.25) is 0 Å². The van der Waals surface area contributed by atoms with Crippen molar-refractivity contribution in [2.75, 3.05) is 53.0 Å². The second-order valence-corrected chi connectivity index (χ2v) is 6.20. The van der Waals surface area contributed by atoms with Gasteiger partial charge in [0.05, 0.1) is 0 Å². The zero-order valence-electron chi connectivity index (χ0n) is 13.6. The number of nitrogens with zero attached hydrogens (tertiary/aromatic N) is 2. The number of guanidine groups is 1. The second-order valence-electron chi connectivity index (χ2n) is 6.20. The summed E-state index contributed by atoms with van der Waals surface area (Å²) >= 11 is 0. The zero-order chi connectivity index (χ0) is 14.8. The summed E-state index contributed by atoms with van der Waals surface area (Å²) in [6, 6.07) is 0. The molecule has 5 heteroatoms. The third-order valence-electron chi connectivity index (χ3n) is 4.17. The van der Waals surface area contributed by atoms with Gasteiger partial charge in [0.1, 0.15) is 0 Å². The molecule has 0 spiro atoms. The van der Waals surface area contributed by atoms with Crippen molar-refractivity contribution in [3.8, 4) is 0 Å². The van der Waals surface area contributed by atoms with Crippen LogP contribution >= 0.6 is 0 Å². The standard InChI is InChI=1S/C16H32N4O/c1-17-16(18-8-4-12-20-10-2-3-11-20)19-9-5-13-21-14-15-6-7-15/h15H,2-14H2,1H3,(H2,17,18,19). The van der Waals surface area contributed by atoms with Crippen LogP contribution < -0.4 is 10.6 Å². The number of likely N-dealkylation sites (tertiary alicyclic amines) is 1. The first kappa shape index (κ1) is 16.6. The number of ether oxygens (including phenoxy) is 1. The molecule has 2 rings (SSSR count). The maximum absolute atomic E-state index is 5.62. The van der Waals surface area contributed by atoms with E-state index in [1.54, 1.807) is 0 Å². The lowest BCUT2D eigenvalue weighted by Crippen LogP contribution is -2.39. The van der Waals surface area contributed by atoms with E-state index in [4.69, 9.17) is 4.74 Å². The Morgan fingerprint density at radius 2 is 1.86 bits per heavy atom. The normalized spacial score (nSPS) is 20.0. The highest BCUT2D eigenvalue weighted by Gasteiger charge is 2.20. The van der Waals surface area contributed by atoms with E-state index in [9.17, 15) is 0 Å². The predicted octanol–water partition coefficient (Wildman–Crippen LogP) is 1.45. The molecule has 21 heavy (non-hydrogen) atoms. The number of nitrogens with one attached hydrogen (secondary N) is 2. The molecule has 1 aliphatic carbocycles. The van der Waals surface area contributed by atoms with Crippen LogP contribution in [0.25, 0.3) is 0 Å². The predicted molar refractivity (Wildman–Crippen MR) is 87.8 cm³/mol. The van der Waals surface area contributed by atoms with Crippen molar-refractivity contribution in [1.29, 1.82) is 0 Å². The molecule has 1 aliphatic heterocycles. The van der Waals surface area contributed by atoms with Crippen LogP contribution in [-0.2, 0) is 4.74 Å². The molecule has 1 saturated heterocycles. The Kier molecular flexibility index (Phi) is 7.89. The highest BCUT2D eigenvalue weighted by Crippen LogP contribution is 2.28. The highest BCUT2D eigenvalue weighted by molar-refractivity contribution is 5.79. The fraction of sp³-hybridized carbons (Fsp3) is 0.938. The summed E-state index contributed by atoms with van der Waals surface area (Å²) in [5.74, 6) is 1.78. The average molecular weight is 296 g/mol. The van der Waals surface area contributed by atoms with E-state index in [1.165, 1.54) is 51.7 Å². The number of rotatable bonds is 10. The lowest BCUT2D eigenvalue weighted by atomic mass is 10.4. The van der Waals surface area contributed by atoms with Gasteiger partial charge >= 0.3 is 0 Å². The summed E-state index contributed by atoms with van der Waals surface area (Å²) in [4.78, 5) is 6.80. The summed E-state index contributed by atoms with van der Waals surface area (Å²) in [5.41, 5.74) is 0.